The number of Topliss-reactive ketones (excluding diaryl/α,β-unsaturated/α-hetero) is 1. The molecule has 0 spiro atoms. The molecule has 1 aromatic heterocycles. The van der Waals surface area contributed by atoms with Gasteiger partial charge in [-0.2, -0.15) is 0 Å². The summed E-state index contributed by atoms with van der Waals surface area (Å²) >= 11 is 1.24. The zero-order valence-electron chi connectivity index (χ0n) is 27.8. The lowest BCUT2D eigenvalue weighted by molar-refractivity contribution is -0.133. The Morgan fingerprint density at radius 1 is 0.915 bits per heavy atom. The van der Waals surface area contributed by atoms with Crippen LogP contribution in [-0.4, -0.2) is 88.1 Å². The van der Waals surface area contributed by atoms with Gasteiger partial charge >= 0.3 is 6.03 Å². The summed E-state index contributed by atoms with van der Waals surface area (Å²) in [6.45, 7) is 10.6. The van der Waals surface area contributed by atoms with Crippen LogP contribution in [0, 0.1) is 17.8 Å². The molecule has 2 saturated heterocycles. The molecule has 47 heavy (non-hydrogen) atoms. The van der Waals surface area contributed by atoms with E-state index in [0.717, 1.165) is 5.56 Å². The molecule has 14 heteroatoms. The Labute approximate surface area is 280 Å². The molecule has 5 amide bonds. The van der Waals surface area contributed by atoms with Gasteiger partial charge in [-0.15, -0.1) is 10.2 Å². The van der Waals surface area contributed by atoms with E-state index in [4.69, 9.17) is 4.74 Å². The second-order valence-corrected chi connectivity index (χ2v) is 14.3. The third kappa shape index (κ3) is 10.5. The second-order valence-electron chi connectivity index (χ2n) is 13.5. The highest BCUT2D eigenvalue weighted by molar-refractivity contribution is 7.13. The molecule has 4 rings (SSSR count). The molecule has 13 nitrogen and oxygen atoms in total. The zero-order chi connectivity index (χ0) is 34.1. The summed E-state index contributed by atoms with van der Waals surface area (Å²) in [6.07, 6.45) is 1.92. The number of ether oxygens (including phenoxy) is 1. The van der Waals surface area contributed by atoms with E-state index in [-0.39, 0.29) is 35.9 Å². The lowest BCUT2D eigenvalue weighted by Crippen LogP contribution is -2.58. The van der Waals surface area contributed by atoms with Crippen molar-refractivity contribution in [1.29, 1.82) is 0 Å². The van der Waals surface area contributed by atoms with Crippen LogP contribution in [0.15, 0.2) is 35.8 Å². The minimum Gasteiger partial charge on any atom is -0.361 e. The highest BCUT2D eigenvalue weighted by Gasteiger charge is 2.50. The van der Waals surface area contributed by atoms with Gasteiger partial charge in [0.25, 0.3) is 0 Å². The Morgan fingerprint density at radius 3 is 2.09 bits per heavy atom. The first-order chi connectivity index (χ1) is 22.3. The molecule has 4 unspecified atom stereocenters. The van der Waals surface area contributed by atoms with E-state index in [1.807, 2.05) is 58.0 Å². The average molecular weight is 670 g/mol. The Balaban J connectivity index is 1.42. The molecule has 0 radical (unpaired) electrons. The molecule has 256 valence electrons. The number of epoxide rings is 1. The van der Waals surface area contributed by atoms with Crippen molar-refractivity contribution in [1.82, 2.24) is 31.0 Å². The van der Waals surface area contributed by atoms with Gasteiger partial charge in [0.05, 0.1) is 12.6 Å². The van der Waals surface area contributed by atoms with Crippen molar-refractivity contribution >= 4 is 46.0 Å². The molecule has 0 saturated carbocycles. The number of rotatable bonds is 15. The molecule has 3 heterocycles. The van der Waals surface area contributed by atoms with Crippen LogP contribution in [0.3, 0.4) is 0 Å². The van der Waals surface area contributed by atoms with Gasteiger partial charge < -0.3 is 30.9 Å². The maximum absolute atomic E-state index is 13.8. The van der Waals surface area contributed by atoms with Crippen LogP contribution >= 0.6 is 11.3 Å². The van der Waals surface area contributed by atoms with Crippen molar-refractivity contribution in [2.45, 2.75) is 90.4 Å². The number of ketones is 1. The van der Waals surface area contributed by atoms with Gasteiger partial charge in [0.15, 0.2) is 5.78 Å². The number of urea groups is 1. The van der Waals surface area contributed by atoms with Crippen molar-refractivity contribution < 1.29 is 28.7 Å². The monoisotopic (exact) mass is 669 g/mol. The van der Waals surface area contributed by atoms with Gasteiger partial charge in [-0.25, -0.2) is 4.79 Å². The Kier molecular flexibility index (Phi) is 12.4. The van der Waals surface area contributed by atoms with Gasteiger partial charge in [0.2, 0.25) is 22.9 Å². The number of anilines is 1. The number of benzene rings is 1. The number of nitrogens with one attached hydrogen (secondary N) is 4. The molecular weight excluding hydrogens is 622 g/mol. The predicted molar refractivity (Wildman–Crippen MR) is 177 cm³/mol. The lowest BCUT2D eigenvalue weighted by atomic mass is 9.93. The first-order valence-electron chi connectivity index (χ1n) is 16.3. The minimum atomic E-state index is -0.992. The number of aromatic nitrogens is 2. The fraction of sp³-hybridized carbons (Fsp3) is 0.606. The van der Waals surface area contributed by atoms with Crippen LogP contribution in [-0.2, 0) is 30.3 Å². The van der Waals surface area contributed by atoms with Crippen molar-refractivity contribution in [2.75, 3.05) is 25.0 Å². The quantitative estimate of drug-likeness (QED) is 0.209. The van der Waals surface area contributed by atoms with Gasteiger partial charge in [-0.05, 0) is 50.0 Å². The summed E-state index contributed by atoms with van der Waals surface area (Å²) in [4.78, 5) is 68.4. The van der Waals surface area contributed by atoms with Gasteiger partial charge in [-0.1, -0.05) is 69.4 Å². The topological polar surface area (TPSA) is 175 Å². The Morgan fingerprint density at radius 2 is 1.51 bits per heavy atom. The molecule has 2 aromatic rings. The number of hydrogen-bond acceptors (Lipinski definition) is 9. The number of carbonyl (C=O) groups excluding carboxylic acids is 5. The van der Waals surface area contributed by atoms with E-state index < -0.39 is 41.6 Å². The molecular formula is C33H47N7O6S. The summed E-state index contributed by atoms with van der Waals surface area (Å²) in [5, 5.41) is 19.4. The molecule has 4 atom stereocenters. The van der Waals surface area contributed by atoms with Gasteiger partial charge in [0, 0.05) is 25.4 Å². The van der Waals surface area contributed by atoms with E-state index in [9.17, 15) is 24.0 Å². The Hall–Kier alpha value is -3.91. The van der Waals surface area contributed by atoms with Crippen molar-refractivity contribution in [3.8, 4) is 0 Å². The SMILES string of the molecule is CC(C)CC(NC(=O)N1CCC(C(=O)Nc2nncs2)CC1)C(=O)NC(Cc1ccccc1)C(=O)NC(CC(C)C)C(=O)C1(C)CO1. The number of amides is 5. The van der Waals surface area contributed by atoms with E-state index in [1.165, 1.54) is 16.8 Å². The smallest absolute Gasteiger partial charge is 0.318 e. The highest BCUT2D eigenvalue weighted by Crippen LogP contribution is 2.30. The number of carbonyl (C=O) groups is 5. The number of nitrogens with zero attached hydrogens (tertiary/aromatic N) is 3. The fourth-order valence-corrected chi connectivity index (χ4v) is 6.10. The lowest BCUT2D eigenvalue weighted by Gasteiger charge is -2.33. The normalized spacial score (nSPS) is 19.9. The van der Waals surface area contributed by atoms with Crippen LogP contribution in [0.5, 0.6) is 0 Å². The Bertz CT molecular complexity index is 1380. The second kappa shape index (κ2) is 16.3. The summed E-state index contributed by atoms with van der Waals surface area (Å²) in [5.74, 6) is -1.37. The standard InChI is InChI=1S/C33H47N7O6S/c1-20(2)15-24(27(41)33(5)18-46-33)35-30(44)26(17-22-9-7-6-8-10-22)36-29(43)25(16-21(3)4)37-32(45)40-13-11-23(12-14-40)28(42)38-31-39-34-19-47-31/h6-10,19-21,23-26H,11-18H2,1-5H3,(H,35,44)(H,36,43)(H,37,45)(H,38,39,42). The van der Waals surface area contributed by atoms with Crippen molar-refractivity contribution in [2.24, 2.45) is 17.8 Å². The maximum atomic E-state index is 13.8. The summed E-state index contributed by atoms with van der Waals surface area (Å²) in [6, 6.07) is 6.25. The summed E-state index contributed by atoms with van der Waals surface area (Å²) in [7, 11) is 0. The van der Waals surface area contributed by atoms with Crippen LogP contribution < -0.4 is 21.3 Å². The number of piperidine rings is 1. The molecule has 0 bridgehead atoms. The molecule has 2 aliphatic rings. The first kappa shape index (κ1) is 35.9. The predicted octanol–water partition coefficient (Wildman–Crippen LogP) is 2.93. The average Bonchev–Trinajstić information content (AvgIpc) is 3.58. The molecule has 2 aliphatic heterocycles. The molecule has 0 aliphatic carbocycles. The van der Waals surface area contributed by atoms with Gasteiger partial charge in [0.1, 0.15) is 23.2 Å². The summed E-state index contributed by atoms with van der Waals surface area (Å²) in [5.41, 5.74) is 1.46. The largest absolute Gasteiger partial charge is 0.361 e. The van der Waals surface area contributed by atoms with Crippen LogP contribution in [0.1, 0.15) is 65.9 Å². The minimum absolute atomic E-state index is 0.0644. The summed E-state index contributed by atoms with van der Waals surface area (Å²) < 4.78 is 5.38. The number of likely N-dealkylation sites (tertiary alicyclic amines) is 1. The molecule has 4 N–H and O–H groups in total. The van der Waals surface area contributed by atoms with Crippen LogP contribution in [0.25, 0.3) is 0 Å². The van der Waals surface area contributed by atoms with E-state index >= 15 is 0 Å². The van der Waals surface area contributed by atoms with E-state index in [2.05, 4.69) is 31.5 Å². The number of hydrogen-bond donors (Lipinski definition) is 4. The molecule has 1 aromatic carbocycles. The first-order valence-corrected chi connectivity index (χ1v) is 17.2. The van der Waals surface area contributed by atoms with Crippen LogP contribution in [0.2, 0.25) is 0 Å². The third-order valence-corrected chi connectivity index (χ3v) is 9.03. The van der Waals surface area contributed by atoms with Crippen molar-refractivity contribution in [3.63, 3.8) is 0 Å². The van der Waals surface area contributed by atoms with Crippen LogP contribution in [0.4, 0.5) is 9.93 Å². The van der Waals surface area contributed by atoms with E-state index in [0.29, 0.717) is 50.5 Å². The third-order valence-electron chi connectivity index (χ3n) is 8.42. The van der Waals surface area contributed by atoms with Gasteiger partial charge in [-0.3, -0.25) is 19.2 Å². The maximum Gasteiger partial charge on any atom is 0.318 e. The molecule has 2 fully saturated rings. The van der Waals surface area contributed by atoms with E-state index in [1.54, 1.807) is 11.8 Å². The fourth-order valence-electron chi connectivity index (χ4n) is 5.65. The van der Waals surface area contributed by atoms with Crippen molar-refractivity contribution in [3.05, 3.63) is 41.4 Å². The zero-order valence-corrected chi connectivity index (χ0v) is 28.6. The highest BCUT2D eigenvalue weighted by atomic mass is 32.1.